The van der Waals surface area contributed by atoms with Crippen LogP contribution in [-0.4, -0.2) is 37.5 Å². The maximum absolute atomic E-state index is 12.9. The van der Waals surface area contributed by atoms with Crippen molar-refractivity contribution in [2.24, 2.45) is 5.73 Å². The van der Waals surface area contributed by atoms with Gasteiger partial charge in [0.25, 0.3) is 0 Å². The standard InChI is InChI=1S/C24H30N2O4/c1-5-7-18-10-12-19(13-11-18)17(2)26(16-22(25)27)23(28)15-14-20-8-6-9-21(29-3)24(20)30-4/h6,8-15,17H,5,7,16H2,1-4H3,(H2,25,27)/b15-14+. The van der Waals surface area contributed by atoms with Gasteiger partial charge in [0.1, 0.15) is 6.54 Å². The first-order valence-electron chi connectivity index (χ1n) is 9.98. The number of rotatable bonds is 10. The highest BCUT2D eigenvalue weighted by Gasteiger charge is 2.22. The number of ether oxygens (including phenoxy) is 2. The zero-order valence-electron chi connectivity index (χ0n) is 18.1. The second-order valence-corrected chi connectivity index (χ2v) is 7.02. The Morgan fingerprint density at radius 1 is 1.10 bits per heavy atom. The second-order valence-electron chi connectivity index (χ2n) is 7.02. The van der Waals surface area contributed by atoms with Crippen molar-refractivity contribution in [3.63, 3.8) is 0 Å². The zero-order chi connectivity index (χ0) is 22.1. The Hall–Kier alpha value is -3.28. The third-order valence-electron chi connectivity index (χ3n) is 4.92. The van der Waals surface area contributed by atoms with E-state index in [1.807, 2.05) is 31.2 Å². The van der Waals surface area contributed by atoms with Crippen molar-refractivity contribution in [2.45, 2.75) is 32.7 Å². The molecule has 1 unspecified atom stereocenters. The van der Waals surface area contributed by atoms with Gasteiger partial charge in [0.05, 0.1) is 20.3 Å². The number of carbonyl (C=O) groups excluding carboxylic acids is 2. The quantitative estimate of drug-likeness (QED) is 0.605. The summed E-state index contributed by atoms with van der Waals surface area (Å²) in [6, 6.07) is 13.2. The van der Waals surface area contributed by atoms with Crippen molar-refractivity contribution in [3.8, 4) is 11.5 Å². The summed E-state index contributed by atoms with van der Waals surface area (Å²) in [5.74, 6) is 0.223. The lowest BCUT2D eigenvalue weighted by Crippen LogP contribution is -2.39. The summed E-state index contributed by atoms with van der Waals surface area (Å²) in [5, 5.41) is 0. The molecule has 0 saturated carbocycles. The number of hydrogen-bond donors (Lipinski definition) is 1. The van der Waals surface area contributed by atoms with Gasteiger partial charge >= 0.3 is 0 Å². The lowest BCUT2D eigenvalue weighted by Gasteiger charge is -2.27. The fraction of sp³-hybridized carbons (Fsp3) is 0.333. The summed E-state index contributed by atoms with van der Waals surface area (Å²) in [4.78, 5) is 26.0. The number of nitrogens with zero attached hydrogens (tertiary/aromatic N) is 1. The maximum atomic E-state index is 12.9. The van der Waals surface area contributed by atoms with E-state index in [9.17, 15) is 9.59 Å². The van der Waals surface area contributed by atoms with Crippen LogP contribution < -0.4 is 15.2 Å². The molecule has 0 bridgehead atoms. The van der Waals surface area contributed by atoms with Crippen LogP contribution in [0, 0.1) is 0 Å². The maximum Gasteiger partial charge on any atom is 0.247 e. The number of primary amides is 1. The summed E-state index contributed by atoms with van der Waals surface area (Å²) < 4.78 is 10.7. The van der Waals surface area contributed by atoms with E-state index >= 15 is 0 Å². The van der Waals surface area contributed by atoms with Crippen LogP contribution in [0.1, 0.15) is 43.0 Å². The van der Waals surface area contributed by atoms with Crippen LogP contribution in [0.2, 0.25) is 0 Å². The van der Waals surface area contributed by atoms with Gasteiger partial charge in [0, 0.05) is 11.6 Å². The predicted octanol–water partition coefficient (Wildman–Crippen LogP) is 3.74. The van der Waals surface area contributed by atoms with E-state index in [1.54, 1.807) is 26.4 Å². The minimum absolute atomic E-state index is 0.170. The number of para-hydroxylation sites is 1. The minimum Gasteiger partial charge on any atom is -0.493 e. The van der Waals surface area contributed by atoms with Crippen LogP contribution in [0.5, 0.6) is 11.5 Å². The molecular formula is C24H30N2O4. The number of benzene rings is 2. The molecule has 2 aromatic carbocycles. The van der Waals surface area contributed by atoms with Crippen molar-refractivity contribution in [3.05, 3.63) is 65.2 Å². The number of methoxy groups -OCH3 is 2. The summed E-state index contributed by atoms with van der Waals surface area (Å²) >= 11 is 0. The SMILES string of the molecule is CCCc1ccc(C(C)N(CC(N)=O)C(=O)/C=C/c2cccc(OC)c2OC)cc1. The molecule has 0 aliphatic heterocycles. The van der Waals surface area contributed by atoms with Crippen LogP contribution in [-0.2, 0) is 16.0 Å². The predicted molar refractivity (Wildman–Crippen MR) is 118 cm³/mol. The molecule has 2 aromatic rings. The molecule has 0 saturated heterocycles. The minimum atomic E-state index is -0.565. The number of nitrogens with two attached hydrogens (primary N) is 1. The number of carbonyl (C=O) groups is 2. The van der Waals surface area contributed by atoms with E-state index in [0.717, 1.165) is 18.4 Å². The molecule has 160 valence electrons. The molecule has 0 fully saturated rings. The molecule has 30 heavy (non-hydrogen) atoms. The van der Waals surface area contributed by atoms with Gasteiger partial charge in [-0.25, -0.2) is 0 Å². The molecule has 0 heterocycles. The monoisotopic (exact) mass is 410 g/mol. The fourth-order valence-corrected chi connectivity index (χ4v) is 3.31. The number of aryl methyl sites for hydroxylation is 1. The van der Waals surface area contributed by atoms with Gasteiger partial charge in [-0.1, -0.05) is 49.7 Å². The molecule has 0 aromatic heterocycles. The highest BCUT2D eigenvalue weighted by Crippen LogP contribution is 2.31. The Bertz CT molecular complexity index is 891. The van der Waals surface area contributed by atoms with Crippen molar-refractivity contribution in [1.82, 2.24) is 4.90 Å². The molecule has 2 N–H and O–H groups in total. The molecule has 0 spiro atoms. The topological polar surface area (TPSA) is 81.9 Å². The smallest absolute Gasteiger partial charge is 0.247 e. The van der Waals surface area contributed by atoms with E-state index in [1.165, 1.54) is 16.5 Å². The van der Waals surface area contributed by atoms with Gasteiger partial charge in [-0.3, -0.25) is 9.59 Å². The van der Waals surface area contributed by atoms with Gasteiger partial charge in [0.15, 0.2) is 11.5 Å². The van der Waals surface area contributed by atoms with E-state index in [-0.39, 0.29) is 18.5 Å². The molecule has 6 nitrogen and oxygen atoms in total. The zero-order valence-corrected chi connectivity index (χ0v) is 18.1. The van der Waals surface area contributed by atoms with E-state index in [2.05, 4.69) is 19.1 Å². The largest absolute Gasteiger partial charge is 0.493 e. The highest BCUT2D eigenvalue weighted by atomic mass is 16.5. The van der Waals surface area contributed by atoms with Gasteiger partial charge in [-0.15, -0.1) is 0 Å². The van der Waals surface area contributed by atoms with Crippen LogP contribution in [0.3, 0.4) is 0 Å². The third kappa shape index (κ3) is 5.86. The van der Waals surface area contributed by atoms with E-state index in [0.29, 0.717) is 17.1 Å². The van der Waals surface area contributed by atoms with E-state index < -0.39 is 5.91 Å². The molecule has 6 heteroatoms. The van der Waals surface area contributed by atoms with Gasteiger partial charge in [0.2, 0.25) is 11.8 Å². The van der Waals surface area contributed by atoms with Gasteiger partial charge < -0.3 is 20.1 Å². The van der Waals surface area contributed by atoms with Crippen molar-refractivity contribution in [2.75, 3.05) is 20.8 Å². The van der Waals surface area contributed by atoms with Crippen LogP contribution >= 0.6 is 0 Å². The van der Waals surface area contributed by atoms with Crippen molar-refractivity contribution in [1.29, 1.82) is 0 Å². The van der Waals surface area contributed by atoms with Crippen LogP contribution in [0.25, 0.3) is 6.08 Å². The third-order valence-corrected chi connectivity index (χ3v) is 4.92. The first-order valence-corrected chi connectivity index (χ1v) is 9.98. The Labute approximate surface area is 178 Å². The second kappa shape index (κ2) is 11.0. The number of hydrogen-bond acceptors (Lipinski definition) is 4. The fourth-order valence-electron chi connectivity index (χ4n) is 3.31. The van der Waals surface area contributed by atoms with Crippen LogP contribution in [0.4, 0.5) is 0 Å². The van der Waals surface area contributed by atoms with Gasteiger partial charge in [-0.05, 0) is 36.6 Å². The summed E-state index contributed by atoms with van der Waals surface area (Å²) in [6.45, 7) is 3.85. The lowest BCUT2D eigenvalue weighted by molar-refractivity contribution is -0.133. The Morgan fingerprint density at radius 3 is 2.37 bits per heavy atom. The average Bonchev–Trinajstić information content (AvgIpc) is 2.75. The Balaban J connectivity index is 2.27. The Kier molecular flexibility index (Phi) is 8.47. The molecule has 0 aliphatic rings. The molecule has 0 radical (unpaired) electrons. The summed E-state index contributed by atoms with van der Waals surface area (Å²) in [5.41, 5.74) is 8.29. The van der Waals surface area contributed by atoms with Crippen molar-refractivity contribution < 1.29 is 19.1 Å². The summed E-state index contributed by atoms with van der Waals surface area (Å²) in [7, 11) is 3.10. The molecule has 2 amide bonds. The van der Waals surface area contributed by atoms with Crippen molar-refractivity contribution >= 4 is 17.9 Å². The van der Waals surface area contributed by atoms with Crippen LogP contribution in [0.15, 0.2) is 48.5 Å². The summed E-state index contributed by atoms with van der Waals surface area (Å²) in [6.07, 6.45) is 5.14. The normalized spacial score (nSPS) is 11.9. The lowest BCUT2D eigenvalue weighted by atomic mass is 10.0. The number of amides is 2. The molecule has 2 rings (SSSR count). The average molecular weight is 411 g/mol. The highest BCUT2D eigenvalue weighted by molar-refractivity contribution is 5.94. The first kappa shape index (κ1) is 23.0. The first-order chi connectivity index (χ1) is 14.4. The Morgan fingerprint density at radius 2 is 1.80 bits per heavy atom. The molecule has 1 atom stereocenters. The van der Waals surface area contributed by atoms with Gasteiger partial charge in [-0.2, -0.15) is 0 Å². The van der Waals surface area contributed by atoms with E-state index in [4.69, 9.17) is 15.2 Å². The molecular weight excluding hydrogens is 380 g/mol. The molecule has 0 aliphatic carbocycles.